The number of fused-ring (bicyclic) bond motifs is 1. The molecule has 1 aliphatic heterocycles. The lowest BCUT2D eigenvalue weighted by molar-refractivity contribution is -0.133. The summed E-state index contributed by atoms with van der Waals surface area (Å²) in [5, 5.41) is 0.753. The van der Waals surface area contributed by atoms with E-state index in [0.29, 0.717) is 29.4 Å². The van der Waals surface area contributed by atoms with E-state index in [1.54, 1.807) is 28.6 Å². The molecule has 126 valence electrons. The Bertz CT molecular complexity index is 795. The predicted octanol–water partition coefficient (Wildman–Crippen LogP) is 1.81. The van der Waals surface area contributed by atoms with Crippen LogP contribution in [0, 0.1) is 0 Å². The molecule has 1 aromatic heterocycles. The maximum Gasteiger partial charge on any atom is 0.258 e. The molecule has 2 heterocycles. The highest BCUT2D eigenvalue weighted by atomic mass is 32.2. The van der Waals surface area contributed by atoms with E-state index >= 15 is 0 Å². The molecule has 3 rings (SSSR count). The molecule has 0 bridgehead atoms. The normalized spacial score (nSPS) is 17.2. The molecule has 2 amide bonds. The topological polar surface area (TPSA) is 79.5 Å². The number of hydrogen-bond donors (Lipinski definition) is 1. The zero-order valence-corrected chi connectivity index (χ0v) is 14.5. The Morgan fingerprint density at radius 3 is 2.92 bits per heavy atom. The van der Waals surface area contributed by atoms with Gasteiger partial charge in [0.25, 0.3) is 5.91 Å². The third-order valence-corrected chi connectivity index (χ3v) is 5.34. The number of anilines is 1. The summed E-state index contributed by atoms with van der Waals surface area (Å²) in [5.74, 6) is 0.816. The van der Waals surface area contributed by atoms with Gasteiger partial charge in [0, 0.05) is 30.9 Å². The molecule has 1 aliphatic rings. The summed E-state index contributed by atoms with van der Waals surface area (Å²) in [6.07, 6.45) is 1.51. The van der Waals surface area contributed by atoms with Crippen molar-refractivity contribution in [1.82, 2.24) is 14.8 Å². The molecule has 1 fully saturated rings. The van der Waals surface area contributed by atoms with E-state index in [9.17, 15) is 9.59 Å². The lowest BCUT2D eigenvalue weighted by atomic mass is 10.1. The number of para-hydroxylation sites is 1. The number of hydrogen-bond acceptors (Lipinski definition) is 5. The smallest absolute Gasteiger partial charge is 0.258 e. The number of pyridine rings is 1. The largest absolute Gasteiger partial charge is 0.397 e. The molecule has 0 saturated carbocycles. The van der Waals surface area contributed by atoms with Gasteiger partial charge in [-0.05, 0) is 13.0 Å². The SMILES string of the molecule is CCN(C)C(=O)C1CSCN1C(=O)c1cnc2ccccc2c1N. The second kappa shape index (κ2) is 6.68. The van der Waals surface area contributed by atoms with E-state index in [2.05, 4.69) is 4.98 Å². The number of thioether (sulfide) groups is 1. The average Bonchev–Trinajstić information content (AvgIpc) is 3.10. The first-order chi connectivity index (χ1) is 11.5. The number of carbonyl (C=O) groups is 2. The molecule has 2 N–H and O–H groups in total. The van der Waals surface area contributed by atoms with E-state index in [1.807, 2.05) is 31.2 Å². The molecule has 1 unspecified atom stereocenters. The molecular weight excluding hydrogens is 324 g/mol. The van der Waals surface area contributed by atoms with Crippen molar-refractivity contribution in [2.24, 2.45) is 0 Å². The van der Waals surface area contributed by atoms with Gasteiger partial charge in [-0.15, -0.1) is 11.8 Å². The van der Waals surface area contributed by atoms with Gasteiger partial charge in [-0.3, -0.25) is 14.6 Å². The molecule has 0 aliphatic carbocycles. The third kappa shape index (κ3) is 2.80. The van der Waals surface area contributed by atoms with E-state index in [0.717, 1.165) is 10.9 Å². The summed E-state index contributed by atoms with van der Waals surface area (Å²) in [5.41, 5.74) is 7.73. The first kappa shape index (κ1) is 16.6. The van der Waals surface area contributed by atoms with Crippen molar-refractivity contribution in [2.45, 2.75) is 13.0 Å². The standard InChI is InChI=1S/C17H20N4O2S/c1-3-20(2)17(23)14-9-24-10-21(14)16(22)12-8-19-13-7-5-4-6-11(13)15(12)18/h4-8,14H,3,9-10H2,1-2H3,(H2,18,19). The fourth-order valence-corrected chi connectivity index (χ4v) is 3.89. The van der Waals surface area contributed by atoms with Crippen LogP contribution < -0.4 is 5.73 Å². The van der Waals surface area contributed by atoms with Crippen molar-refractivity contribution < 1.29 is 9.59 Å². The van der Waals surface area contributed by atoms with Gasteiger partial charge in [0.05, 0.1) is 22.6 Å². The van der Waals surface area contributed by atoms with Gasteiger partial charge in [0.2, 0.25) is 5.91 Å². The van der Waals surface area contributed by atoms with Crippen molar-refractivity contribution >= 4 is 40.2 Å². The Morgan fingerprint density at radius 1 is 1.42 bits per heavy atom. The predicted molar refractivity (Wildman–Crippen MR) is 96.7 cm³/mol. The first-order valence-electron chi connectivity index (χ1n) is 7.81. The monoisotopic (exact) mass is 344 g/mol. The highest BCUT2D eigenvalue weighted by Crippen LogP contribution is 2.28. The quantitative estimate of drug-likeness (QED) is 0.918. The van der Waals surface area contributed by atoms with Crippen LogP contribution >= 0.6 is 11.8 Å². The molecule has 24 heavy (non-hydrogen) atoms. The Hall–Kier alpha value is -2.28. The molecule has 1 atom stereocenters. The van der Waals surface area contributed by atoms with Crippen LogP contribution in [0.2, 0.25) is 0 Å². The first-order valence-corrected chi connectivity index (χ1v) is 8.97. The maximum atomic E-state index is 13.0. The number of amides is 2. The lowest BCUT2D eigenvalue weighted by Gasteiger charge is -2.27. The maximum absolute atomic E-state index is 13.0. The van der Waals surface area contributed by atoms with E-state index < -0.39 is 6.04 Å². The van der Waals surface area contributed by atoms with Crippen LogP contribution in [0.5, 0.6) is 0 Å². The number of aromatic nitrogens is 1. The highest BCUT2D eigenvalue weighted by Gasteiger charge is 2.37. The van der Waals surface area contributed by atoms with Gasteiger partial charge in [0.1, 0.15) is 6.04 Å². The molecule has 0 radical (unpaired) electrons. The van der Waals surface area contributed by atoms with Crippen LogP contribution in [0.25, 0.3) is 10.9 Å². The molecule has 0 spiro atoms. The second-order valence-electron chi connectivity index (χ2n) is 5.75. The van der Waals surface area contributed by atoms with Crippen molar-refractivity contribution in [3.8, 4) is 0 Å². The van der Waals surface area contributed by atoms with Crippen LogP contribution in [0.15, 0.2) is 30.5 Å². The van der Waals surface area contributed by atoms with Crippen LogP contribution in [0.3, 0.4) is 0 Å². The Morgan fingerprint density at radius 2 is 2.17 bits per heavy atom. The van der Waals surface area contributed by atoms with Gasteiger partial charge in [-0.1, -0.05) is 18.2 Å². The molecule has 6 nitrogen and oxygen atoms in total. The van der Waals surface area contributed by atoms with Crippen molar-refractivity contribution in [1.29, 1.82) is 0 Å². The van der Waals surface area contributed by atoms with Crippen LogP contribution in [0.1, 0.15) is 17.3 Å². The molecular formula is C17H20N4O2S. The number of likely N-dealkylation sites (N-methyl/N-ethyl adjacent to an activating group) is 1. The Kier molecular flexibility index (Phi) is 4.62. The number of nitrogen functional groups attached to an aromatic ring is 1. The zero-order chi connectivity index (χ0) is 17.3. The number of benzene rings is 1. The van der Waals surface area contributed by atoms with Gasteiger partial charge >= 0.3 is 0 Å². The highest BCUT2D eigenvalue weighted by molar-refractivity contribution is 7.99. The number of nitrogens with two attached hydrogens (primary N) is 1. The van der Waals surface area contributed by atoms with Crippen LogP contribution in [-0.2, 0) is 4.79 Å². The second-order valence-corrected chi connectivity index (χ2v) is 6.75. The Balaban J connectivity index is 1.94. The summed E-state index contributed by atoms with van der Waals surface area (Å²) in [6, 6.07) is 7.00. The van der Waals surface area contributed by atoms with Gasteiger partial charge in [-0.25, -0.2) is 0 Å². The minimum absolute atomic E-state index is 0.0387. The summed E-state index contributed by atoms with van der Waals surface area (Å²) < 4.78 is 0. The minimum Gasteiger partial charge on any atom is -0.397 e. The van der Waals surface area contributed by atoms with Gasteiger partial charge < -0.3 is 15.5 Å². The summed E-state index contributed by atoms with van der Waals surface area (Å²) >= 11 is 1.58. The molecule has 1 aromatic carbocycles. The van der Waals surface area contributed by atoms with Crippen molar-refractivity contribution in [3.05, 3.63) is 36.0 Å². The van der Waals surface area contributed by atoms with E-state index in [-0.39, 0.29) is 11.8 Å². The summed E-state index contributed by atoms with van der Waals surface area (Å²) in [7, 11) is 1.75. The fourth-order valence-electron chi connectivity index (χ4n) is 2.75. The van der Waals surface area contributed by atoms with Crippen LogP contribution in [-0.4, -0.2) is 57.9 Å². The van der Waals surface area contributed by atoms with Gasteiger partial charge in [0.15, 0.2) is 0 Å². The summed E-state index contributed by atoms with van der Waals surface area (Å²) in [6.45, 7) is 2.53. The minimum atomic E-state index is -0.446. The number of nitrogens with zero attached hydrogens (tertiary/aromatic N) is 3. The van der Waals surface area contributed by atoms with Crippen molar-refractivity contribution in [3.63, 3.8) is 0 Å². The van der Waals surface area contributed by atoms with Crippen LogP contribution in [0.4, 0.5) is 5.69 Å². The fraction of sp³-hybridized carbons (Fsp3) is 0.353. The lowest BCUT2D eigenvalue weighted by Crippen LogP contribution is -2.47. The number of carbonyl (C=O) groups excluding carboxylic acids is 2. The van der Waals surface area contributed by atoms with E-state index in [1.165, 1.54) is 6.20 Å². The molecule has 1 saturated heterocycles. The van der Waals surface area contributed by atoms with Crippen molar-refractivity contribution in [2.75, 3.05) is 31.0 Å². The number of rotatable bonds is 3. The third-order valence-electron chi connectivity index (χ3n) is 4.33. The van der Waals surface area contributed by atoms with Gasteiger partial charge in [-0.2, -0.15) is 0 Å². The van der Waals surface area contributed by atoms with E-state index in [4.69, 9.17) is 5.73 Å². The summed E-state index contributed by atoms with van der Waals surface area (Å²) in [4.78, 5) is 33.0. The molecule has 2 aromatic rings. The molecule has 7 heteroatoms. The average molecular weight is 344 g/mol. The Labute approximate surface area is 145 Å². The zero-order valence-electron chi connectivity index (χ0n) is 13.7.